The van der Waals surface area contributed by atoms with Gasteiger partial charge in [0, 0.05) is 19.6 Å². The molecule has 0 radical (unpaired) electrons. The first kappa shape index (κ1) is 13.2. The first-order valence-electron chi connectivity index (χ1n) is 6.03. The third-order valence-corrected chi connectivity index (χ3v) is 5.28. The van der Waals surface area contributed by atoms with Crippen LogP contribution in [0.5, 0.6) is 0 Å². The average Bonchev–Trinajstić information content (AvgIpc) is 2.24. The summed E-state index contributed by atoms with van der Waals surface area (Å²) in [6.45, 7) is 5.63. The van der Waals surface area contributed by atoms with Crippen molar-refractivity contribution in [2.24, 2.45) is 0 Å². The first-order valence-corrected chi connectivity index (χ1v) is 7.54. The van der Waals surface area contributed by atoms with Crippen LogP contribution in [0.4, 0.5) is 0 Å². The zero-order chi connectivity index (χ0) is 12.3. The molecule has 17 heavy (non-hydrogen) atoms. The molecule has 2 heterocycles. The predicted octanol–water partition coefficient (Wildman–Crippen LogP) is -0.975. The van der Waals surface area contributed by atoms with Crippen molar-refractivity contribution in [3.8, 4) is 0 Å². The molecule has 2 aliphatic heterocycles. The Hall–Kier alpha value is -0.210. The number of morpholine rings is 1. The molecule has 100 valence electrons. The van der Waals surface area contributed by atoms with E-state index in [1.165, 1.54) is 0 Å². The van der Waals surface area contributed by atoms with Crippen molar-refractivity contribution < 1.29 is 17.9 Å². The van der Waals surface area contributed by atoms with Crippen LogP contribution in [0.15, 0.2) is 0 Å². The molecular formula is C10H20N2O4S. The molecule has 6 nitrogen and oxygen atoms in total. The Kier molecular flexibility index (Phi) is 4.37. The molecular weight excluding hydrogens is 244 g/mol. The molecule has 2 aliphatic rings. The summed E-state index contributed by atoms with van der Waals surface area (Å²) in [7, 11) is -3.18. The lowest BCUT2D eigenvalue weighted by Gasteiger charge is -2.36. The third kappa shape index (κ3) is 2.97. The van der Waals surface area contributed by atoms with Gasteiger partial charge in [0.2, 0.25) is 10.0 Å². The standard InChI is InChI=1S/C10H20N2O4S/c1-2-11-5-9-6-12(3-4-16-9)17(13,14)10-7-15-8-10/h9-11H,2-8H2,1H3/t9-/m0/s1. The Morgan fingerprint density at radius 1 is 1.41 bits per heavy atom. The summed E-state index contributed by atoms with van der Waals surface area (Å²) in [6, 6.07) is 0. The second-order valence-corrected chi connectivity index (χ2v) is 6.58. The average molecular weight is 264 g/mol. The number of hydrogen-bond acceptors (Lipinski definition) is 5. The van der Waals surface area contributed by atoms with E-state index < -0.39 is 10.0 Å². The fourth-order valence-electron chi connectivity index (χ4n) is 1.95. The van der Waals surface area contributed by atoms with Crippen LogP contribution < -0.4 is 5.32 Å². The minimum Gasteiger partial charge on any atom is -0.378 e. The van der Waals surface area contributed by atoms with Crippen molar-refractivity contribution >= 4 is 10.0 Å². The smallest absolute Gasteiger partial charge is 0.221 e. The van der Waals surface area contributed by atoms with Gasteiger partial charge in [0.25, 0.3) is 0 Å². The second-order valence-electron chi connectivity index (χ2n) is 4.36. The zero-order valence-electron chi connectivity index (χ0n) is 10.1. The third-order valence-electron chi connectivity index (χ3n) is 3.11. The van der Waals surface area contributed by atoms with Gasteiger partial charge in [-0.15, -0.1) is 0 Å². The molecule has 0 unspecified atom stereocenters. The molecule has 0 amide bonds. The van der Waals surface area contributed by atoms with Crippen molar-refractivity contribution in [3.05, 3.63) is 0 Å². The van der Waals surface area contributed by atoms with Gasteiger partial charge in [-0.25, -0.2) is 8.42 Å². The highest BCUT2D eigenvalue weighted by Crippen LogP contribution is 2.19. The van der Waals surface area contributed by atoms with Crippen molar-refractivity contribution in [3.63, 3.8) is 0 Å². The number of sulfonamides is 1. The minimum absolute atomic E-state index is 0.0422. The second kappa shape index (κ2) is 5.62. The monoisotopic (exact) mass is 264 g/mol. The summed E-state index contributed by atoms with van der Waals surface area (Å²) in [6.07, 6.45) is -0.0422. The van der Waals surface area contributed by atoms with E-state index in [0.29, 0.717) is 39.5 Å². The number of ether oxygens (including phenoxy) is 2. The lowest BCUT2D eigenvalue weighted by molar-refractivity contribution is -0.00448. The lowest BCUT2D eigenvalue weighted by atomic mass is 10.3. The normalized spacial score (nSPS) is 27.9. The number of hydrogen-bond donors (Lipinski definition) is 1. The van der Waals surface area contributed by atoms with E-state index in [4.69, 9.17) is 9.47 Å². The summed E-state index contributed by atoms with van der Waals surface area (Å²) < 4.78 is 36.4. The van der Waals surface area contributed by atoms with Gasteiger partial charge in [-0.1, -0.05) is 6.92 Å². The predicted molar refractivity (Wildman–Crippen MR) is 63.4 cm³/mol. The molecule has 2 rings (SSSR count). The Morgan fingerprint density at radius 2 is 2.18 bits per heavy atom. The molecule has 7 heteroatoms. The van der Waals surface area contributed by atoms with Gasteiger partial charge in [0.05, 0.1) is 25.9 Å². The Morgan fingerprint density at radius 3 is 2.76 bits per heavy atom. The van der Waals surface area contributed by atoms with Crippen LogP contribution in [-0.4, -0.2) is 70.1 Å². The number of nitrogens with one attached hydrogen (secondary N) is 1. The van der Waals surface area contributed by atoms with E-state index in [0.717, 1.165) is 6.54 Å². The molecule has 1 atom stereocenters. The molecule has 2 saturated heterocycles. The topological polar surface area (TPSA) is 67.9 Å². The molecule has 1 N–H and O–H groups in total. The van der Waals surface area contributed by atoms with Gasteiger partial charge < -0.3 is 14.8 Å². The zero-order valence-corrected chi connectivity index (χ0v) is 10.9. The van der Waals surface area contributed by atoms with Crippen LogP contribution in [0.1, 0.15) is 6.92 Å². The molecule has 0 saturated carbocycles. The van der Waals surface area contributed by atoms with Crippen molar-refractivity contribution in [2.45, 2.75) is 18.3 Å². The summed E-state index contributed by atoms with van der Waals surface area (Å²) in [5.41, 5.74) is 0. The highest BCUT2D eigenvalue weighted by Gasteiger charge is 2.39. The van der Waals surface area contributed by atoms with E-state index in [1.807, 2.05) is 6.92 Å². The summed E-state index contributed by atoms with van der Waals surface area (Å²) >= 11 is 0. The molecule has 0 bridgehead atoms. The van der Waals surface area contributed by atoms with Gasteiger partial charge in [-0.05, 0) is 6.54 Å². The van der Waals surface area contributed by atoms with Gasteiger partial charge in [0.1, 0.15) is 5.25 Å². The summed E-state index contributed by atoms with van der Waals surface area (Å²) in [5.74, 6) is 0. The van der Waals surface area contributed by atoms with Crippen LogP contribution in [0.25, 0.3) is 0 Å². The quantitative estimate of drug-likeness (QED) is 0.692. The Balaban J connectivity index is 1.92. The maximum absolute atomic E-state index is 12.2. The van der Waals surface area contributed by atoms with Gasteiger partial charge in [-0.3, -0.25) is 0 Å². The fraction of sp³-hybridized carbons (Fsp3) is 1.00. The van der Waals surface area contributed by atoms with E-state index in [2.05, 4.69) is 5.32 Å². The van der Waals surface area contributed by atoms with Crippen LogP contribution >= 0.6 is 0 Å². The molecule has 0 aromatic carbocycles. The molecule has 0 aromatic rings. The van der Waals surface area contributed by atoms with Gasteiger partial charge >= 0.3 is 0 Å². The van der Waals surface area contributed by atoms with Crippen molar-refractivity contribution in [2.75, 3.05) is 46.0 Å². The number of nitrogens with zero attached hydrogens (tertiary/aromatic N) is 1. The van der Waals surface area contributed by atoms with Crippen LogP contribution in [-0.2, 0) is 19.5 Å². The van der Waals surface area contributed by atoms with Gasteiger partial charge in [0.15, 0.2) is 0 Å². The minimum atomic E-state index is -3.18. The van der Waals surface area contributed by atoms with Crippen LogP contribution in [0.3, 0.4) is 0 Å². The molecule has 0 aliphatic carbocycles. The summed E-state index contributed by atoms with van der Waals surface area (Å²) in [4.78, 5) is 0. The summed E-state index contributed by atoms with van der Waals surface area (Å²) in [5, 5.41) is 2.83. The molecule has 0 spiro atoms. The van der Waals surface area contributed by atoms with E-state index in [-0.39, 0.29) is 11.4 Å². The maximum atomic E-state index is 12.2. The highest BCUT2D eigenvalue weighted by molar-refractivity contribution is 7.89. The molecule has 0 aromatic heterocycles. The lowest BCUT2D eigenvalue weighted by Crippen LogP contribution is -2.55. The van der Waals surface area contributed by atoms with Crippen LogP contribution in [0.2, 0.25) is 0 Å². The molecule has 2 fully saturated rings. The number of likely N-dealkylation sites (N-methyl/N-ethyl adjacent to an activating group) is 1. The van der Waals surface area contributed by atoms with Gasteiger partial charge in [-0.2, -0.15) is 4.31 Å². The SMILES string of the molecule is CCNC[C@H]1CN(S(=O)(=O)C2COC2)CCO1. The van der Waals surface area contributed by atoms with Crippen LogP contribution in [0, 0.1) is 0 Å². The number of rotatable bonds is 5. The Bertz CT molecular complexity index is 342. The maximum Gasteiger partial charge on any atom is 0.221 e. The van der Waals surface area contributed by atoms with E-state index in [9.17, 15) is 8.42 Å². The largest absolute Gasteiger partial charge is 0.378 e. The fourth-order valence-corrected chi connectivity index (χ4v) is 3.61. The Labute approximate surface area is 102 Å². The first-order chi connectivity index (χ1) is 8.14. The highest BCUT2D eigenvalue weighted by atomic mass is 32.2. The van der Waals surface area contributed by atoms with E-state index >= 15 is 0 Å². The van der Waals surface area contributed by atoms with Crippen molar-refractivity contribution in [1.29, 1.82) is 0 Å². The van der Waals surface area contributed by atoms with E-state index in [1.54, 1.807) is 4.31 Å². The van der Waals surface area contributed by atoms with Crippen molar-refractivity contribution in [1.82, 2.24) is 9.62 Å².